The quantitative estimate of drug-likeness (QED) is 0.531. The summed E-state index contributed by atoms with van der Waals surface area (Å²) >= 11 is 0. The Bertz CT molecular complexity index is 1490. The van der Waals surface area contributed by atoms with E-state index in [1.807, 2.05) is 0 Å². The second kappa shape index (κ2) is 6.66. The summed E-state index contributed by atoms with van der Waals surface area (Å²) in [6.07, 6.45) is 0.713. The monoisotopic (exact) mass is 440 g/mol. The second-order valence-electron chi connectivity index (χ2n) is 8.14. The lowest BCUT2D eigenvalue weighted by Gasteiger charge is -2.24. The number of fused-ring (bicyclic) bond motifs is 2. The summed E-state index contributed by atoms with van der Waals surface area (Å²) in [5.74, 6) is -1.14. The minimum absolute atomic E-state index is 0.0380. The molecule has 2 heterocycles. The van der Waals surface area contributed by atoms with Crippen molar-refractivity contribution in [1.29, 1.82) is 0 Å². The van der Waals surface area contributed by atoms with Crippen molar-refractivity contribution in [3.05, 3.63) is 58.7 Å². The van der Waals surface area contributed by atoms with Crippen LogP contribution in [0.1, 0.15) is 31.5 Å². The van der Waals surface area contributed by atoms with Crippen LogP contribution in [-0.2, 0) is 14.9 Å². The van der Waals surface area contributed by atoms with Crippen molar-refractivity contribution in [2.75, 3.05) is 0 Å². The van der Waals surface area contributed by atoms with E-state index in [2.05, 4.69) is 4.99 Å². The van der Waals surface area contributed by atoms with E-state index in [-0.39, 0.29) is 35.2 Å². The third-order valence-electron chi connectivity index (χ3n) is 6.46. The summed E-state index contributed by atoms with van der Waals surface area (Å²) in [5, 5.41) is 21.5. The molecular formula is C22H20N2O6S. The maximum absolute atomic E-state index is 12.9. The molecule has 1 aliphatic carbocycles. The van der Waals surface area contributed by atoms with Crippen LogP contribution in [0.2, 0.25) is 0 Å². The van der Waals surface area contributed by atoms with Crippen molar-refractivity contribution in [3.63, 3.8) is 0 Å². The standard InChI is InChI=1S/C22H20N2O6S/c1-11-16(8-9-18(11)31(28,29)30)24-17-5-3-2-4-13(17)21(26)20(24)19-14-10-12(25)6-7-15(14)23-22(19)27/h2-7,10-11,16,18,25-26H,8-9H2,1H3,(H,28,29,30). The first-order valence-corrected chi connectivity index (χ1v) is 11.4. The minimum atomic E-state index is -4.24. The van der Waals surface area contributed by atoms with Crippen LogP contribution in [0, 0.1) is 5.92 Å². The Labute approximate surface area is 177 Å². The van der Waals surface area contributed by atoms with Gasteiger partial charge in [0.1, 0.15) is 11.5 Å². The van der Waals surface area contributed by atoms with Gasteiger partial charge in [0.25, 0.3) is 16.0 Å². The van der Waals surface area contributed by atoms with E-state index in [1.165, 1.54) is 18.2 Å². The number of para-hydroxylation sites is 1. The van der Waals surface area contributed by atoms with Crippen molar-refractivity contribution >= 4 is 32.5 Å². The van der Waals surface area contributed by atoms with Gasteiger partial charge in [-0.15, -0.1) is 0 Å². The molecule has 1 aliphatic heterocycles. The molecule has 1 amide bonds. The second-order valence-corrected chi connectivity index (χ2v) is 9.77. The van der Waals surface area contributed by atoms with Gasteiger partial charge in [-0.1, -0.05) is 19.1 Å². The van der Waals surface area contributed by atoms with Gasteiger partial charge in [0.05, 0.1) is 27.4 Å². The number of phenolic OH excluding ortho intramolecular Hbond substituents is 1. The lowest BCUT2D eigenvalue weighted by molar-refractivity contribution is -0.112. The first-order chi connectivity index (χ1) is 14.7. The Morgan fingerprint density at radius 2 is 1.84 bits per heavy atom. The molecule has 2 aromatic carbocycles. The van der Waals surface area contributed by atoms with Crippen molar-refractivity contribution in [2.45, 2.75) is 31.1 Å². The molecular weight excluding hydrogens is 420 g/mol. The van der Waals surface area contributed by atoms with E-state index in [0.717, 1.165) is 0 Å². The topological polar surface area (TPSA) is 129 Å². The third-order valence-corrected chi connectivity index (χ3v) is 7.89. The van der Waals surface area contributed by atoms with E-state index in [4.69, 9.17) is 0 Å². The highest BCUT2D eigenvalue weighted by Gasteiger charge is 2.43. The predicted molar refractivity (Wildman–Crippen MR) is 113 cm³/mol. The van der Waals surface area contributed by atoms with E-state index in [0.29, 0.717) is 27.9 Å². The van der Waals surface area contributed by atoms with Crippen molar-refractivity contribution < 1.29 is 28.0 Å². The molecule has 31 heavy (non-hydrogen) atoms. The molecule has 0 radical (unpaired) electrons. The zero-order valence-electron chi connectivity index (χ0n) is 16.6. The van der Waals surface area contributed by atoms with Gasteiger partial charge < -0.3 is 14.8 Å². The summed E-state index contributed by atoms with van der Waals surface area (Å²) in [6.45, 7) is 1.75. The fourth-order valence-electron chi connectivity index (χ4n) is 5.05. The first kappa shape index (κ1) is 19.8. The fourth-order valence-corrected chi connectivity index (χ4v) is 6.21. The SMILES string of the molecule is CC1C(n2c(C3=c4cc(O)ccc4=NC3=O)c(O)c3ccccc32)CCC1S(=O)(=O)O. The number of hydrogen-bond acceptors (Lipinski definition) is 5. The zero-order valence-corrected chi connectivity index (χ0v) is 17.4. The van der Waals surface area contributed by atoms with Gasteiger partial charge in [-0.05, 0) is 49.1 Å². The Morgan fingerprint density at radius 3 is 2.55 bits per heavy atom. The number of carbonyl (C=O) groups excluding carboxylic acids is 1. The molecule has 3 N–H and O–H groups in total. The van der Waals surface area contributed by atoms with Gasteiger partial charge in [0.15, 0.2) is 0 Å². The molecule has 8 nitrogen and oxygen atoms in total. The summed E-state index contributed by atoms with van der Waals surface area (Å²) in [6, 6.07) is 11.1. The first-order valence-electron chi connectivity index (χ1n) is 9.93. The molecule has 2 aliphatic rings. The molecule has 1 saturated carbocycles. The van der Waals surface area contributed by atoms with Crippen LogP contribution >= 0.6 is 0 Å². The zero-order chi connectivity index (χ0) is 22.1. The molecule has 0 saturated heterocycles. The summed E-state index contributed by atoms with van der Waals surface area (Å²) < 4.78 is 35.2. The van der Waals surface area contributed by atoms with Crippen LogP contribution in [0.4, 0.5) is 0 Å². The maximum atomic E-state index is 12.9. The molecule has 3 aromatic rings. The highest BCUT2D eigenvalue weighted by molar-refractivity contribution is 7.86. The largest absolute Gasteiger partial charge is 0.508 e. The molecule has 5 rings (SSSR count). The highest BCUT2D eigenvalue weighted by Crippen LogP contribution is 2.46. The van der Waals surface area contributed by atoms with E-state index >= 15 is 0 Å². The van der Waals surface area contributed by atoms with Gasteiger partial charge in [-0.3, -0.25) is 9.35 Å². The predicted octanol–water partition coefficient (Wildman–Crippen LogP) is 1.64. The summed E-state index contributed by atoms with van der Waals surface area (Å²) in [4.78, 5) is 17.0. The number of rotatable bonds is 3. The lowest BCUT2D eigenvalue weighted by Crippen LogP contribution is -2.28. The molecule has 0 bridgehead atoms. The number of nitrogens with zero attached hydrogens (tertiary/aromatic N) is 2. The van der Waals surface area contributed by atoms with E-state index < -0.39 is 27.2 Å². The lowest BCUT2D eigenvalue weighted by atomic mass is 10.0. The molecule has 160 valence electrons. The highest BCUT2D eigenvalue weighted by atomic mass is 32.2. The average Bonchev–Trinajstić information content (AvgIpc) is 3.33. The van der Waals surface area contributed by atoms with Crippen molar-refractivity contribution in [3.8, 4) is 11.5 Å². The number of amides is 1. The number of aromatic nitrogens is 1. The molecule has 0 spiro atoms. The smallest absolute Gasteiger partial charge is 0.280 e. The summed E-state index contributed by atoms with van der Waals surface area (Å²) in [5.41, 5.74) is 1.05. The van der Waals surface area contributed by atoms with Gasteiger partial charge >= 0.3 is 0 Å². The van der Waals surface area contributed by atoms with E-state index in [1.54, 1.807) is 35.8 Å². The van der Waals surface area contributed by atoms with E-state index in [9.17, 15) is 28.0 Å². The Balaban J connectivity index is 1.84. The van der Waals surface area contributed by atoms with Gasteiger partial charge in [-0.25, -0.2) is 4.99 Å². The van der Waals surface area contributed by atoms with Gasteiger partial charge in [0.2, 0.25) is 0 Å². The molecule has 9 heteroatoms. The maximum Gasteiger partial charge on any atom is 0.280 e. The fraction of sp³-hybridized carbons (Fsp3) is 0.273. The van der Waals surface area contributed by atoms with Crippen LogP contribution in [0.15, 0.2) is 47.5 Å². The normalized spacial score (nSPS) is 23.4. The molecule has 3 atom stereocenters. The van der Waals surface area contributed by atoms with Crippen LogP contribution in [0.25, 0.3) is 16.5 Å². The number of hydrogen-bond donors (Lipinski definition) is 3. The van der Waals surface area contributed by atoms with Crippen molar-refractivity contribution in [2.24, 2.45) is 10.9 Å². The number of carbonyl (C=O) groups is 1. The van der Waals surface area contributed by atoms with Gasteiger partial charge in [0, 0.05) is 16.6 Å². The third kappa shape index (κ3) is 2.88. The molecule has 1 fully saturated rings. The minimum Gasteiger partial charge on any atom is -0.508 e. The Hall–Kier alpha value is -3.17. The molecule has 3 unspecified atom stereocenters. The number of aromatic hydroxyl groups is 2. The Morgan fingerprint density at radius 1 is 1.10 bits per heavy atom. The summed E-state index contributed by atoms with van der Waals surface area (Å²) in [7, 11) is -4.24. The van der Waals surface area contributed by atoms with Crippen LogP contribution in [0.5, 0.6) is 11.5 Å². The van der Waals surface area contributed by atoms with Crippen LogP contribution < -0.4 is 10.6 Å². The number of phenols is 1. The molecule has 1 aromatic heterocycles. The van der Waals surface area contributed by atoms with Crippen LogP contribution in [0.3, 0.4) is 0 Å². The number of benzene rings is 2. The van der Waals surface area contributed by atoms with Crippen molar-refractivity contribution in [1.82, 2.24) is 4.57 Å². The Kier molecular flexibility index (Phi) is 4.25. The van der Waals surface area contributed by atoms with Crippen LogP contribution in [-0.4, -0.2) is 38.9 Å². The van der Waals surface area contributed by atoms with Gasteiger partial charge in [-0.2, -0.15) is 8.42 Å². The average molecular weight is 440 g/mol.